The van der Waals surface area contributed by atoms with E-state index in [1.807, 2.05) is 0 Å². The minimum Gasteiger partial charge on any atom is -0.294 e. The van der Waals surface area contributed by atoms with Gasteiger partial charge in [-0.3, -0.25) is 19.6 Å². The highest BCUT2D eigenvalue weighted by Crippen LogP contribution is 2.47. The van der Waals surface area contributed by atoms with Crippen LogP contribution >= 0.6 is 0 Å². The molecule has 0 spiro atoms. The Kier molecular flexibility index (Phi) is 18.8. The summed E-state index contributed by atoms with van der Waals surface area (Å²) < 4.78 is 0. The Morgan fingerprint density at radius 3 is 0.603 bits per heavy atom. The van der Waals surface area contributed by atoms with Gasteiger partial charge in [-0.1, -0.05) is 118 Å². The third-order valence-electron chi connectivity index (χ3n) is 23.3. The monoisotopic (exact) mass is 939 g/mol. The summed E-state index contributed by atoms with van der Waals surface area (Å²) >= 11 is 0. The van der Waals surface area contributed by atoms with E-state index in [4.69, 9.17) is 0 Å². The second-order valence-electron chi connectivity index (χ2n) is 28.1. The van der Waals surface area contributed by atoms with Crippen LogP contribution in [0.5, 0.6) is 0 Å². The minimum atomic E-state index is 0.871. The molecular formula is C64H114N4. The van der Waals surface area contributed by atoms with E-state index >= 15 is 0 Å². The second kappa shape index (κ2) is 24.9. The van der Waals surface area contributed by atoms with Crippen molar-refractivity contribution >= 4 is 0 Å². The van der Waals surface area contributed by atoms with Gasteiger partial charge in [-0.15, -0.1) is 0 Å². The predicted molar refractivity (Wildman–Crippen MR) is 290 cm³/mol. The van der Waals surface area contributed by atoms with Crippen LogP contribution in [-0.2, 0) is 0 Å². The van der Waals surface area contributed by atoms with Gasteiger partial charge in [0.1, 0.15) is 0 Å². The quantitative estimate of drug-likeness (QED) is 0.182. The zero-order chi connectivity index (χ0) is 46.4. The fourth-order valence-electron chi connectivity index (χ4n) is 20.1. The van der Waals surface area contributed by atoms with Gasteiger partial charge in [-0.2, -0.15) is 0 Å². The molecule has 10 saturated carbocycles. The van der Waals surface area contributed by atoms with Gasteiger partial charge in [0.2, 0.25) is 0 Å². The maximum atomic E-state index is 3.32. The second-order valence-corrected chi connectivity index (χ2v) is 28.1. The van der Waals surface area contributed by atoms with Crippen LogP contribution in [0.15, 0.2) is 0 Å². The first-order chi connectivity index (χ1) is 33.3. The Hall–Kier alpha value is -0.160. The van der Waals surface area contributed by atoms with Crippen LogP contribution in [0, 0.1) is 35.5 Å². The van der Waals surface area contributed by atoms with E-state index in [0.29, 0.717) is 0 Å². The maximum Gasteiger partial charge on any atom is 0.0104 e. The highest BCUT2D eigenvalue weighted by atomic mass is 15.3. The van der Waals surface area contributed by atoms with E-state index in [1.54, 1.807) is 25.7 Å². The molecule has 0 amide bonds. The number of hydrogen-bond donors (Lipinski definition) is 0. The SMILES string of the molecule is CC1CCCC(N(C2CCC(N(C3CCCCC3)C3CCC(C4CCC(N(C5CCCCC5)C5CCC(N(C6CCCC(C)C6)C6CCCC(C)C6)CC5)CC4)CC3)CC2)C2CCCC(C)C2)C1. The van der Waals surface area contributed by atoms with Crippen molar-refractivity contribution in [1.82, 2.24) is 19.6 Å². The molecule has 0 heterocycles. The fourth-order valence-corrected chi connectivity index (χ4v) is 20.1. The first kappa shape index (κ1) is 51.3. The Labute approximate surface area is 423 Å². The van der Waals surface area contributed by atoms with Gasteiger partial charge in [-0.05, 0) is 215 Å². The van der Waals surface area contributed by atoms with Gasteiger partial charge >= 0.3 is 0 Å². The van der Waals surface area contributed by atoms with E-state index in [-0.39, 0.29) is 0 Å². The molecule has 0 aromatic heterocycles. The highest BCUT2D eigenvalue weighted by molar-refractivity contribution is 5.00. The van der Waals surface area contributed by atoms with E-state index in [9.17, 15) is 0 Å². The molecule has 10 fully saturated rings. The molecule has 10 rings (SSSR count). The van der Waals surface area contributed by atoms with E-state index in [1.165, 1.54) is 244 Å². The lowest BCUT2D eigenvalue weighted by Gasteiger charge is -2.53. The first-order valence-electron chi connectivity index (χ1n) is 32.4. The Balaban J connectivity index is 0.742. The summed E-state index contributed by atoms with van der Waals surface area (Å²) in [7, 11) is 0. The van der Waals surface area contributed by atoms with Crippen LogP contribution in [-0.4, -0.2) is 92.1 Å². The summed E-state index contributed by atoms with van der Waals surface area (Å²) in [5.41, 5.74) is 0. The molecule has 10 aliphatic carbocycles. The van der Waals surface area contributed by atoms with Gasteiger partial charge in [0, 0.05) is 72.5 Å². The number of rotatable bonds is 13. The Bertz CT molecular complexity index is 1290. The lowest BCUT2D eigenvalue weighted by Crippen LogP contribution is -2.57. The fraction of sp³-hybridized carbons (Fsp3) is 1.00. The summed E-state index contributed by atoms with van der Waals surface area (Å²) in [6, 6.07) is 10.6. The molecule has 390 valence electrons. The van der Waals surface area contributed by atoms with Crippen molar-refractivity contribution in [2.24, 2.45) is 35.5 Å². The van der Waals surface area contributed by atoms with Crippen LogP contribution in [0.2, 0.25) is 0 Å². The van der Waals surface area contributed by atoms with Crippen molar-refractivity contribution in [3.8, 4) is 0 Å². The average molecular weight is 940 g/mol. The molecule has 0 bridgehead atoms. The van der Waals surface area contributed by atoms with Crippen molar-refractivity contribution in [1.29, 1.82) is 0 Å². The molecular weight excluding hydrogens is 825 g/mol. The van der Waals surface area contributed by atoms with Crippen LogP contribution in [0.4, 0.5) is 0 Å². The molecule has 0 N–H and O–H groups in total. The van der Waals surface area contributed by atoms with Crippen molar-refractivity contribution in [3.63, 3.8) is 0 Å². The van der Waals surface area contributed by atoms with E-state index < -0.39 is 0 Å². The maximum absolute atomic E-state index is 3.32. The Morgan fingerprint density at radius 1 is 0.176 bits per heavy atom. The lowest BCUT2D eigenvalue weighted by atomic mass is 9.70. The van der Waals surface area contributed by atoms with Gasteiger partial charge in [-0.25, -0.2) is 0 Å². The average Bonchev–Trinajstić information content (AvgIpc) is 3.37. The van der Waals surface area contributed by atoms with Gasteiger partial charge in [0.15, 0.2) is 0 Å². The van der Waals surface area contributed by atoms with Crippen molar-refractivity contribution in [3.05, 3.63) is 0 Å². The van der Waals surface area contributed by atoms with E-state index in [0.717, 1.165) is 108 Å². The summed E-state index contributed by atoms with van der Waals surface area (Å²) in [5, 5.41) is 0. The molecule has 4 heteroatoms. The number of nitrogens with zero attached hydrogens (tertiary/aromatic N) is 4. The van der Waals surface area contributed by atoms with Gasteiger partial charge in [0.25, 0.3) is 0 Å². The molecule has 68 heavy (non-hydrogen) atoms. The molecule has 8 atom stereocenters. The summed E-state index contributed by atoms with van der Waals surface area (Å²) in [4.78, 5) is 13.2. The molecule has 10 aliphatic rings. The molecule has 0 aliphatic heterocycles. The first-order valence-corrected chi connectivity index (χ1v) is 32.4. The summed E-state index contributed by atoms with van der Waals surface area (Å²) in [6.07, 6.45) is 63.2. The molecule has 8 unspecified atom stereocenters. The molecule has 0 saturated heterocycles. The molecule has 0 radical (unpaired) electrons. The van der Waals surface area contributed by atoms with Gasteiger partial charge < -0.3 is 0 Å². The number of hydrogen-bond acceptors (Lipinski definition) is 4. The minimum absolute atomic E-state index is 0.871. The van der Waals surface area contributed by atoms with Crippen LogP contribution in [0.3, 0.4) is 0 Å². The summed E-state index contributed by atoms with van der Waals surface area (Å²) in [5.74, 6) is 5.80. The highest BCUT2D eigenvalue weighted by Gasteiger charge is 2.45. The van der Waals surface area contributed by atoms with Crippen LogP contribution in [0.25, 0.3) is 0 Å². The Morgan fingerprint density at radius 2 is 0.368 bits per heavy atom. The van der Waals surface area contributed by atoms with Crippen molar-refractivity contribution in [2.45, 2.75) is 370 Å². The largest absolute Gasteiger partial charge is 0.294 e. The summed E-state index contributed by atoms with van der Waals surface area (Å²) in [6.45, 7) is 10.3. The van der Waals surface area contributed by atoms with Crippen LogP contribution in [0.1, 0.15) is 297 Å². The van der Waals surface area contributed by atoms with E-state index in [2.05, 4.69) is 47.3 Å². The topological polar surface area (TPSA) is 13.0 Å². The molecule has 4 nitrogen and oxygen atoms in total. The predicted octanol–water partition coefficient (Wildman–Crippen LogP) is 16.9. The van der Waals surface area contributed by atoms with Gasteiger partial charge in [0.05, 0.1) is 0 Å². The smallest absolute Gasteiger partial charge is 0.0104 e. The zero-order valence-corrected chi connectivity index (χ0v) is 45.9. The van der Waals surface area contributed by atoms with Crippen LogP contribution < -0.4 is 0 Å². The molecule has 0 aromatic rings. The van der Waals surface area contributed by atoms with Crippen molar-refractivity contribution < 1.29 is 0 Å². The third-order valence-corrected chi connectivity index (χ3v) is 23.3. The standard InChI is InChI=1S/C64H114N4/c1-47-15-11-23-61(43-47)67(62-24-12-16-48(2)44-62)59-39-35-57(36-40-59)65(53-19-7-5-8-20-53)55-31-27-51(28-32-55)52-29-33-56(34-30-52)66(54-21-9-6-10-22-54)58-37-41-60(42-38-58)68(63-25-13-17-49(3)45-63)64-26-14-18-50(4)46-64/h47-64H,5-46H2,1-4H3. The lowest BCUT2D eigenvalue weighted by molar-refractivity contribution is -0.0339. The normalized spacial score (nSPS) is 43.6. The third kappa shape index (κ3) is 12.7. The van der Waals surface area contributed by atoms with Crippen molar-refractivity contribution in [2.75, 3.05) is 0 Å². The molecule has 0 aromatic carbocycles. The zero-order valence-electron chi connectivity index (χ0n) is 45.9.